The van der Waals surface area contributed by atoms with Crippen LogP contribution in [0.15, 0.2) is 51.5 Å². The molecule has 2 aromatic carbocycles. The highest BCUT2D eigenvalue weighted by Gasteiger charge is 2.12. The number of nitrogens with zero attached hydrogens (tertiary/aromatic N) is 2. The van der Waals surface area contributed by atoms with Crippen molar-refractivity contribution in [3.8, 4) is 28.6 Å². The second kappa shape index (κ2) is 5.05. The molecule has 0 amide bonds. The fourth-order valence-corrected chi connectivity index (χ4v) is 2.08. The van der Waals surface area contributed by atoms with Crippen LogP contribution >= 0.6 is 15.9 Å². The molecule has 4 nitrogen and oxygen atoms in total. The van der Waals surface area contributed by atoms with E-state index in [0.29, 0.717) is 21.8 Å². The number of hydrogen-bond donors (Lipinski definition) is 1. The number of phenolic OH excluding ortho intramolecular Hbond substituents is 1. The van der Waals surface area contributed by atoms with Crippen molar-refractivity contribution < 1.29 is 14.0 Å². The highest BCUT2D eigenvalue weighted by atomic mass is 79.9. The molecule has 3 aromatic rings. The topological polar surface area (TPSA) is 59.2 Å². The van der Waals surface area contributed by atoms with Gasteiger partial charge in [0.05, 0.1) is 4.47 Å². The quantitative estimate of drug-likeness (QED) is 0.769. The summed E-state index contributed by atoms with van der Waals surface area (Å²) in [7, 11) is 0. The zero-order valence-electron chi connectivity index (χ0n) is 10.0. The van der Waals surface area contributed by atoms with Crippen molar-refractivity contribution in [2.45, 2.75) is 0 Å². The lowest BCUT2D eigenvalue weighted by Crippen LogP contribution is -1.83. The van der Waals surface area contributed by atoms with Gasteiger partial charge in [-0.15, -0.1) is 0 Å². The first-order valence-corrected chi connectivity index (χ1v) is 6.51. The average Bonchev–Trinajstić information content (AvgIpc) is 2.92. The summed E-state index contributed by atoms with van der Waals surface area (Å²) >= 11 is 3.11. The van der Waals surface area contributed by atoms with Crippen molar-refractivity contribution in [1.29, 1.82) is 0 Å². The summed E-state index contributed by atoms with van der Waals surface area (Å²) in [5, 5.41) is 13.1. The summed E-state index contributed by atoms with van der Waals surface area (Å²) in [6.45, 7) is 0. The molecule has 0 aliphatic rings. The smallest absolute Gasteiger partial charge is 0.258 e. The van der Waals surface area contributed by atoms with E-state index < -0.39 is 0 Å². The molecule has 0 spiro atoms. The van der Waals surface area contributed by atoms with E-state index in [1.807, 2.05) is 0 Å². The minimum atomic E-state index is -0.355. The molecule has 0 aliphatic carbocycles. The van der Waals surface area contributed by atoms with E-state index in [1.165, 1.54) is 6.07 Å². The van der Waals surface area contributed by atoms with Crippen LogP contribution in [-0.4, -0.2) is 15.2 Å². The second-order valence-corrected chi connectivity index (χ2v) is 4.95. The van der Waals surface area contributed by atoms with Gasteiger partial charge in [-0.1, -0.05) is 5.16 Å². The Kier molecular flexibility index (Phi) is 3.23. The number of benzene rings is 2. The molecule has 0 bridgehead atoms. The molecule has 1 aromatic heterocycles. The van der Waals surface area contributed by atoms with Crippen molar-refractivity contribution in [3.05, 3.63) is 52.8 Å². The average molecular weight is 335 g/mol. The molecule has 0 unspecified atom stereocenters. The second-order valence-electron chi connectivity index (χ2n) is 4.10. The van der Waals surface area contributed by atoms with E-state index in [9.17, 15) is 9.50 Å². The SMILES string of the molecule is Oc1ccc(-c2noc(-c3ccc(F)c(Br)c3)n2)cc1. The number of phenols is 1. The standard InChI is InChI=1S/C14H8BrFN2O2/c15-11-7-9(3-6-12(11)16)14-17-13(18-20-14)8-1-4-10(19)5-2-8/h1-7,19H. The van der Waals surface area contributed by atoms with Crippen LogP contribution in [0.1, 0.15) is 0 Å². The summed E-state index contributed by atoms with van der Waals surface area (Å²) in [6, 6.07) is 10.9. The maximum atomic E-state index is 13.2. The van der Waals surface area contributed by atoms with Crippen molar-refractivity contribution in [1.82, 2.24) is 10.1 Å². The van der Waals surface area contributed by atoms with E-state index in [0.717, 1.165) is 5.56 Å². The van der Waals surface area contributed by atoms with Gasteiger partial charge < -0.3 is 9.63 Å². The first-order valence-electron chi connectivity index (χ1n) is 5.72. The molecular formula is C14H8BrFN2O2. The van der Waals surface area contributed by atoms with Gasteiger partial charge in [-0.25, -0.2) is 4.39 Å². The number of halogens is 2. The normalized spacial score (nSPS) is 10.7. The van der Waals surface area contributed by atoms with E-state index in [-0.39, 0.29) is 11.6 Å². The molecule has 6 heteroatoms. The maximum Gasteiger partial charge on any atom is 0.258 e. The van der Waals surface area contributed by atoms with Crippen LogP contribution in [0.5, 0.6) is 5.75 Å². The molecule has 0 atom stereocenters. The summed E-state index contributed by atoms with van der Waals surface area (Å²) in [4.78, 5) is 4.25. The van der Waals surface area contributed by atoms with Gasteiger partial charge in [0.25, 0.3) is 5.89 Å². The molecule has 1 heterocycles. The lowest BCUT2D eigenvalue weighted by molar-refractivity contribution is 0.432. The van der Waals surface area contributed by atoms with Crippen molar-refractivity contribution in [2.75, 3.05) is 0 Å². The third-order valence-electron chi connectivity index (χ3n) is 2.72. The minimum absolute atomic E-state index is 0.167. The van der Waals surface area contributed by atoms with E-state index in [2.05, 4.69) is 26.1 Å². The summed E-state index contributed by atoms with van der Waals surface area (Å²) in [6.07, 6.45) is 0. The lowest BCUT2D eigenvalue weighted by atomic mass is 10.2. The monoisotopic (exact) mass is 334 g/mol. The van der Waals surface area contributed by atoms with Gasteiger partial charge in [0.15, 0.2) is 0 Å². The van der Waals surface area contributed by atoms with Crippen LogP contribution in [0, 0.1) is 5.82 Å². The van der Waals surface area contributed by atoms with Gasteiger partial charge in [-0.3, -0.25) is 0 Å². The Hall–Kier alpha value is -2.21. The van der Waals surface area contributed by atoms with Crippen molar-refractivity contribution in [3.63, 3.8) is 0 Å². The number of hydrogen-bond acceptors (Lipinski definition) is 4. The predicted octanol–water partition coefficient (Wildman–Crippen LogP) is 4.01. The molecule has 0 fully saturated rings. The Morgan fingerprint density at radius 2 is 1.75 bits per heavy atom. The van der Waals surface area contributed by atoms with Crippen LogP contribution in [0.2, 0.25) is 0 Å². The molecule has 0 saturated carbocycles. The van der Waals surface area contributed by atoms with Gasteiger partial charge in [0.1, 0.15) is 11.6 Å². The number of aromatic hydroxyl groups is 1. The zero-order valence-corrected chi connectivity index (χ0v) is 11.6. The highest BCUT2D eigenvalue weighted by molar-refractivity contribution is 9.10. The predicted molar refractivity (Wildman–Crippen MR) is 74.5 cm³/mol. The zero-order chi connectivity index (χ0) is 14.1. The maximum absolute atomic E-state index is 13.2. The van der Waals surface area contributed by atoms with Crippen molar-refractivity contribution >= 4 is 15.9 Å². The van der Waals surface area contributed by atoms with E-state index in [4.69, 9.17) is 4.52 Å². The third-order valence-corrected chi connectivity index (χ3v) is 3.33. The molecule has 3 rings (SSSR count). The van der Waals surface area contributed by atoms with Gasteiger partial charge in [0.2, 0.25) is 5.82 Å². The summed E-state index contributed by atoms with van der Waals surface area (Å²) < 4.78 is 18.7. The summed E-state index contributed by atoms with van der Waals surface area (Å²) in [5.74, 6) is 0.515. The van der Waals surface area contributed by atoms with Crippen LogP contribution < -0.4 is 0 Å². The van der Waals surface area contributed by atoms with Gasteiger partial charge in [0, 0.05) is 11.1 Å². The van der Waals surface area contributed by atoms with Gasteiger partial charge >= 0.3 is 0 Å². The van der Waals surface area contributed by atoms with Crippen LogP contribution in [0.25, 0.3) is 22.8 Å². The highest BCUT2D eigenvalue weighted by Crippen LogP contribution is 2.26. The molecular weight excluding hydrogens is 327 g/mol. The first kappa shape index (κ1) is 12.8. The molecule has 1 N–H and O–H groups in total. The minimum Gasteiger partial charge on any atom is -0.508 e. The number of aromatic nitrogens is 2. The fourth-order valence-electron chi connectivity index (χ4n) is 1.70. The van der Waals surface area contributed by atoms with Gasteiger partial charge in [-0.2, -0.15) is 4.98 Å². The Morgan fingerprint density at radius 1 is 1.05 bits per heavy atom. The molecule has 0 radical (unpaired) electrons. The van der Waals surface area contributed by atoms with Gasteiger partial charge in [-0.05, 0) is 58.4 Å². The first-order chi connectivity index (χ1) is 9.63. The Labute approximate surface area is 122 Å². The van der Waals surface area contributed by atoms with Crippen LogP contribution in [0.3, 0.4) is 0 Å². The van der Waals surface area contributed by atoms with Crippen molar-refractivity contribution in [2.24, 2.45) is 0 Å². The van der Waals surface area contributed by atoms with E-state index >= 15 is 0 Å². The molecule has 0 aliphatic heterocycles. The van der Waals surface area contributed by atoms with Crippen LogP contribution in [-0.2, 0) is 0 Å². The Balaban J connectivity index is 1.97. The lowest BCUT2D eigenvalue weighted by Gasteiger charge is -1.96. The Bertz CT molecular complexity index is 756. The molecule has 0 saturated heterocycles. The van der Waals surface area contributed by atoms with Crippen LogP contribution in [0.4, 0.5) is 4.39 Å². The molecule has 20 heavy (non-hydrogen) atoms. The molecule has 100 valence electrons. The van der Waals surface area contributed by atoms with E-state index in [1.54, 1.807) is 36.4 Å². The third kappa shape index (κ3) is 2.42. The fraction of sp³-hybridized carbons (Fsp3) is 0. The summed E-state index contributed by atoms with van der Waals surface area (Å²) in [5.41, 5.74) is 1.34. The largest absolute Gasteiger partial charge is 0.508 e. The number of rotatable bonds is 2. The Morgan fingerprint density at radius 3 is 2.45 bits per heavy atom.